The minimum Gasteiger partial charge on any atom is -0.507 e. The molecule has 1 aromatic carbocycles. The van der Waals surface area contributed by atoms with Crippen molar-refractivity contribution in [3.63, 3.8) is 0 Å². The molecule has 0 atom stereocenters. The average Bonchev–Trinajstić information content (AvgIpc) is 2.07. The monoisotopic (exact) mass is 235 g/mol. The molecule has 0 saturated heterocycles. The molecule has 1 radical (unpaired) electrons. The Hall–Kier alpha value is -1.18. The first-order chi connectivity index (χ1) is 7.46. The fourth-order valence-corrected chi connectivity index (χ4v) is 2.23. The first kappa shape index (κ1) is 13.9. The quantitative estimate of drug-likeness (QED) is 0.709. The molecule has 0 spiro atoms. The molecule has 2 nitrogen and oxygen atoms in total. The van der Waals surface area contributed by atoms with Crippen molar-refractivity contribution in [2.45, 2.75) is 59.3 Å². The Kier molecular flexibility index (Phi) is 3.21. The van der Waals surface area contributed by atoms with E-state index in [1.54, 1.807) is 13.0 Å². The average molecular weight is 235 g/mol. The number of benzene rings is 1. The molecule has 17 heavy (non-hydrogen) atoms. The SMILES string of the molecule is Cc1c([O])cc(C(C)(C)C)c(O)c1C(C)(C)C. The number of hydrogen-bond acceptors (Lipinski definition) is 1. The topological polar surface area (TPSA) is 40.1 Å². The fraction of sp³-hybridized carbons (Fsp3) is 0.600. The second kappa shape index (κ2) is 3.94. The van der Waals surface area contributed by atoms with Crippen molar-refractivity contribution in [2.75, 3.05) is 0 Å². The van der Waals surface area contributed by atoms with Crippen LogP contribution in [0.1, 0.15) is 58.2 Å². The second-order valence-electron chi connectivity index (χ2n) is 6.77. The van der Waals surface area contributed by atoms with Crippen molar-refractivity contribution in [2.24, 2.45) is 0 Å². The van der Waals surface area contributed by atoms with E-state index in [9.17, 15) is 10.2 Å². The Morgan fingerprint density at radius 1 is 1.00 bits per heavy atom. The molecule has 95 valence electrons. The first-order valence-electron chi connectivity index (χ1n) is 6.01. The smallest absolute Gasteiger partial charge is 0.182 e. The van der Waals surface area contributed by atoms with Crippen molar-refractivity contribution >= 4 is 0 Å². The van der Waals surface area contributed by atoms with Crippen LogP contribution in [0.3, 0.4) is 0 Å². The Balaban J connectivity index is 3.67. The molecular formula is C15H23O2. The van der Waals surface area contributed by atoms with E-state index in [4.69, 9.17) is 0 Å². The molecule has 0 aliphatic carbocycles. The fourth-order valence-electron chi connectivity index (χ4n) is 2.23. The van der Waals surface area contributed by atoms with Crippen LogP contribution in [0.25, 0.3) is 0 Å². The van der Waals surface area contributed by atoms with Gasteiger partial charge in [0.05, 0.1) is 0 Å². The van der Waals surface area contributed by atoms with Crippen LogP contribution in [-0.4, -0.2) is 5.11 Å². The summed E-state index contributed by atoms with van der Waals surface area (Å²) in [4.78, 5) is 0. The highest BCUT2D eigenvalue weighted by atomic mass is 16.3. The van der Waals surface area contributed by atoms with Gasteiger partial charge in [0, 0.05) is 16.7 Å². The van der Waals surface area contributed by atoms with Crippen LogP contribution < -0.4 is 0 Å². The maximum absolute atomic E-state index is 12.0. The molecule has 1 rings (SSSR count). The van der Waals surface area contributed by atoms with E-state index in [0.717, 1.165) is 11.1 Å². The molecular weight excluding hydrogens is 212 g/mol. The molecule has 0 amide bonds. The summed E-state index contributed by atoms with van der Waals surface area (Å²) < 4.78 is 0. The van der Waals surface area contributed by atoms with E-state index in [1.807, 2.05) is 41.5 Å². The van der Waals surface area contributed by atoms with Crippen molar-refractivity contribution in [3.05, 3.63) is 22.8 Å². The van der Waals surface area contributed by atoms with Gasteiger partial charge in [-0.25, -0.2) is 0 Å². The zero-order chi connectivity index (χ0) is 13.6. The lowest BCUT2D eigenvalue weighted by Gasteiger charge is -2.28. The maximum Gasteiger partial charge on any atom is 0.182 e. The van der Waals surface area contributed by atoms with E-state index in [2.05, 4.69) is 0 Å². The predicted molar refractivity (Wildman–Crippen MR) is 70.4 cm³/mol. The van der Waals surface area contributed by atoms with Crippen LogP contribution in [-0.2, 0) is 15.9 Å². The standard InChI is InChI=1S/C15H23O2/c1-9-11(16)8-10(14(2,3)4)13(17)12(9)15(5,6)7/h8,17H,1-7H3. The molecule has 0 aromatic heterocycles. The van der Waals surface area contributed by atoms with Gasteiger partial charge in [-0.2, -0.15) is 0 Å². The number of phenols is 1. The van der Waals surface area contributed by atoms with Crippen LogP contribution >= 0.6 is 0 Å². The van der Waals surface area contributed by atoms with Gasteiger partial charge in [0.2, 0.25) is 0 Å². The molecule has 1 aromatic rings. The van der Waals surface area contributed by atoms with Gasteiger partial charge in [0.1, 0.15) is 5.75 Å². The van der Waals surface area contributed by atoms with Crippen LogP contribution in [0.2, 0.25) is 0 Å². The largest absolute Gasteiger partial charge is 0.507 e. The molecule has 0 aliphatic rings. The van der Waals surface area contributed by atoms with E-state index >= 15 is 0 Å². The highest BCUT2D eigenvalue weighted by Crippen LogP contribution is 2.44. The van der Waals surface area contributed by atoms with Crippen molar-refractivity contribution in [1.29, 1.82) is 0 Å². The van der Waals surface area contributed by atoms with Gasteiger partial charge in [-0.15, -0.1) is 0 Å². The lowest BCUT2D eigenvalue weighted by atomic mass is 9.77. The highest BCUT2D eigenvalue weighted by molar-refractivity contribution is 5.56. The van der Waals surface area contributed by atoms with Gasteiger partial charge in [0.15, 0.2) is 5.75 Å². The van der Waals surface area contributed by atoms with Gasteiger partial charge in [0.25, 0.3) is 0 Å². The summed E-state index contributed by atoms with van der Waals surface area (Å²) in [5.74, 6) is 0.291. The summed E-state index contributed by atoms with van der Waals surface area (Å²) >= 11 is 0. The van der Waals surface area contributed by atoms with Crippen LogP contribution in [0.15, 0.2) is 6.07 Å². The number of phenolic OH excluding ortho intramolecular Hbond substituents is 1. The van der Waals surface area contributed by atoms with Crippen molar-refractivity contribution < 1.29 is 10.2 Å². The maximum atomic E-state index is 12.0. The normalized spacial score (nSPS) is 12.9. The minimum atomic E-state index is -0.228. The number of aromatic hydroxyl groups is 1. The Morgan fingerprint density at radius 3 is 1.82 bits per heavy atom. The first-order valence-corrected chi connectivity index (χ1v) is 6.01. The number of hydrogen-bond donors (Lipinski definition) is 1. The molecule has 0 bridgehead atoms. The van der Waals surface area contributed by atoms with Crippen LogP contribution in [0.5, 0.6) is 11.5 Å². The summed E-state index contributed by atoms with van der Waals surface area (Å²) in [6.07, 6.45) is 0. The summed E-state index contributed by atoms with van der Waals surface area (Å²) in [6.45, 7) is 13.8. The molecule has 2 heteroatoms. The van der Waals surface area contributed by atoms with Gasteiger partial charge < -0.3 is 5.11 Å². The predicted octanol–water partition coefficient (Wildman–Crippen LogP) is 4.44. The minimum absolute atomic E-state index is 0.0117. The molecule has 0 aliphatic heterocycles. The van der Waals surface area contributed by atoms with Gasteiger partial charge in [-0.1, -0.05) is 41.5 Å². The molecule has 1 N–H and O–H groups in total. The highest BCUT2D eigenvalue weighted by Gasteiger charge is 2.29. The summed E-state index contributed by atoms with van der Waals surface area (Å²) in [5, 5.41) is 22.4. The Bertz CT molecular complexity index is 432. The van der Waals surface area contributed by atoms with Crippen LogP contribution in [0.4, 0.5) is 0 Å². The molecule has 0 fully saturated rings. The summed E-state index contributed by atoms with van der Waals surface area (Å²) in [6, 6.07) is 1.57. The lowest BCUT2D eigenvalue weighted by Crippen LogP contribution is -2.18. The molecule has 0 saturated carbocycles. The van der Waals surface area contributed by atoms with Crippen molar-refractivity contribution in [1.82, 2.24) is 0 Å². The zero-order valence-corrected chi connectivity index (χ0v) is 11.9. The zero-order valence-electron chi connectivity index (χ0n) is 11.9. The van der Waals surface area contributed by atoms with Crippen molar-refractivity contribution in [3.8, 4) is 11.5 Å². The van der Waals surface area contributed by atoms with E-state index in [0.29, 0.717) is 5.56 Å². The third-order valence-corrected chi connectivity index (χ3v) is 3.07. The van der Waals surface area contributed by atoms with Gasteiger partial charge in [-0.05, 0) is 23.8 Å². The molecule has 0 heterocycles. The number of rotatable bonds is 0. The molecule has 0 unspecified atom stereocenters. The Morgan fingerprint density at radius 2 is 1.47 bits per heavy atom. The third-order valence-electron chi connectivity index (χ3n) is 3.07. The second-order valence-corrected chi connectivity index (χ2v) is 6.77. The van der Waals surface area contributed by atoms with E-state index < -0.39 is 0 Å². The Labute approximate surface area is 104 Å². The van der Waals surface area contributed by atoms with Crippen LogP contribution in [0, 0.1) is 6.92 Å². The van der Waals surface area contributed by atoms with Gasteiger partial charge >= 0.3 is 0 Å². The summed E-state index contributed by atoms with van der Waals surface area (Å²) in [5.41, 5.74) is 1.71. The lowest BCUT2D eigenvalue weighted by molar-refractivity contribution is 0.343. The van der Waals surface area contributed by atoms with E-state index in [-0.39, 0.29) is 22.3 Å². The third kappa shape index (κ3) is 2.56. The van der Waals surface area contributed by atoms with E-state index in [1.165, 1.54) is 0 Å². The summed E-state index contributed by atoms with van der Waals surface area (Å²) in [7, 11) is 0. The van der Waals surface area contributed by atoms with Gasteiger partial charge in [-0.3, -0.25) is 5.11 Å².